The van der Waals surface area contributed by atoms with Crippen LogP contribution in [0.15, 0.2) is 0 Å². The number of hydrogen-bond donors (Lipinski definition) is 0. The minimum atomic E-state index is -2.13. The number of ether oxygens (including phenoxy) is 1. The van der Waals surface area contributed by atoms with Crippen LogP contribution in [0.5, 0.6) is 0 Å². The van der Waals surface area contributed by atoms with E-state index in [0.717, 1.165) is 6.92 Å². The summed E-state index contributed by atoms with van der Waals surface area (Å²) in [7, 11) is 0. The molecule has 0 N–H and O–H groups in total. The Morgan fingerprint density at radius 3 is 2.31 bits per heavy atom. The first-order valence-corrected chi connectivity index (χ1v) is 3.97. The van der Waals surface area contributed by atoms with Crippen LogP contribution >= 0.6 is 23.2 Å². The van der Waals surface area contributed by atoms with Crippen LogP contribution in [0.4, 0.5) is 0 Å². The molecule has 0 spiro atoms. The number of halogens is 2. The molecule has 70 valence electrons. The van der Waals surface area contributed by atoms with Crippen LogP contribution in [0.25, 0.3) is 0 Å². The van der Waals surface area contributed by atoms with Crippen molar-refractivity contribution in [3.05, 3.63) is 0 Å². The number of hydrogen-bond acceptors (Lipinski definition) is 4. The van der Waals surface area contributed by atoms with Gasteiger partial charge in [-0.2, -0.15) is 0 Å². The van der Waals surface area contributed by atoms with Gasteiger partial charge in [-0.1, -0.05) is 0 Å². The number of esters is 1. The zero-order chi connectivity index (χ0) is 9.78. The van der Waals surface area contributed by atoms with Gasteiger partial charge < -0.3 is 14.6 Å². The van der Waals surface area contributed by atoms with Crippen molar-refractivity contribution in [3.8, 4) is 0 Å². The maximum absolute atomic E-state index is 10.8. The second kappa shape index (κ2) is 6.90. The standard InChI is InChI=1S/C6H8Cl2O4.Na/c1-6(8,4(9)10)5(11)12-3-2-7;/h2-3H2,1H3,(H,9,10);/q;+1/p-1. The van der Waals surface area contributed by atoms with Crippen LogP contribution in [-0.4, -0.2) is 29.3 Å². The van der Waals surface area contributed by atoms with Crippen molar-refractivity contribution in [2.75, 3.05) is 12.5 Å². The van der Waals surface area contributed by atoms with Crippen LogP contribution in [0, 0.1) is 0 Å². The summed E-state index contributed by atoms with van der Waals surface area (Å²) < 4.78 is 4.39. The summed E-state index contributed by atoms with van der Waals surface area (Å²) in [5.74, 6) is -2.67. The molecule has 7 heteroatoms. The third kappa shape index (κ3) is 5.08. The number of carbonyl (C=O) groups is 2. The van der Waals surface area contributed by atoms with E-state index in [4.69, 9.17) is 23.2 Å². The molecule has 0 aliphatic heterocycles. The molecule has 1 atom stereocenters. The van der Waals surface area contributed by atoms with E-state index in [9.17, 15) is 14.7 Å². The van der Waals surface area contributed by atoms with Crippen LogP contribution in [0.3, 0.4) is 0 Å². The van der Waals surface area contributed by atoms with Crippen LogP contribution in [0.2, 0.25) is 0 Å². The Balaban J connectivity index is 0. The van der Waals surface area contributed by atoms with Crippen LogP contribution in [0.1, 0.15) is 6.92 Å². The molecule has 0 bridgehead atoms. The topological polar surface area (TPSA) is 66.4 Å². The van der Waals surface area contributed by atoms with Gasteiger partial charge in [0, 0.05) is 0 Å². The Kier molecular flexibility index (Phi) is 8.47. The summed E-state index contributed by atoms with van der Waals surface area (Å²) in [6.45, 7) is 0.913. The SMILES string of the molecule is CC(Cl)(C(=O)[O-])C(=O)OCCCl.[Na+]. The molecule has 0 fully saturated rings. The van der Waals surface area contributed by atoms with E-state index in [2.05, 4.69) is 4.74 Å². The van der Waals surface area contributed by atoms with Crippen molar-refractivity contribution >= 4 is 35.1 Å². The van der Waals surface area contributed by atoms with Gasteiger partial charge in [0.25, 0.3) is 0 Å². The van der Waals surface area contributed by atoms with E-state index in [0.29, 0.717) is 0 Å². The van der Waals surface area contributed by atoms with Crippen molar-refractivity contribution in [2.24, 2.45) is 0 Å². The minimum absolute atomic E-state index is 0. The number of rotatable bonds is 4. The molecule has 0 amide bonds. The smallest absolute Gasteiger partial charge is 0.548 e. The van der Waals surface area contributed by atoms with Gasteiger partial charge in [-0.15, -0.1) is 23.2 Å². The number of carbonyl (C=O) groups excluding carboxylic acids is 2. The molecule has 0 aliphatic carbocycles. The molecule has 0 aromatic heterocycles. The van der Waals surface area contributed by atoms with E-state index in [1.807, 2.05) is 0 Å². The average molecular weight is 237 g/mol. The summed E-state index contributed by atoms with van der Waals surface area (Å²) in [6, 6.07) is 0. The largest absolute Gasteiger partial charge is 1.00 e. The molecule has 0 heterocycles. The van der Waals surface area contributed by atoms with Crippen molar-refractivity contribution < 1.29 is 49.0 Å². The third-order valence-electron chi connectivity index (χ3n) is 1.08. The molecule has 1 unspecified atom stereocenters. The van der Waals surface area contributed by atoms with E-state index >= 15 is 0 Å². The van der Waals surface area contributed by atoms with E-state index in [1.54, 1.807) is 0 Å². The van der Waals surface area contributed by atoms with Gasteiger partial charge in [0.1, 0.15) is 6.61 Å². The minimum Gasteiger partial charge on any atom is -0.548 e. The first-order chi connectivity index (χ1) is 5.42. The number of carboxylic acids is 1. The van der Waals surface area contributed by atoms with Crippen molar-refractivity contribution in [3.63, 3.8) is 0 Å². The normalized spacial score (nSPS) is 13.8. The molecule has 0 aromatic carbocycles. The van der Waals surface area contributed by atoms with Crippen molar-refractivity contribution in [1.82, 2.24) is 0 Å². The molecule has 0 saturated carbocycles. The van der Waals surface area contributed by atoms with Gasteiger partial charge in [0.05, 0.1) is 11.8 Å². The first kappa shape index (κ1) is 16.0. The summed E-state index contributed by atoms with van der Waals surface area (Å²) in [4.78, 5) is 18.9. The molecule has 0 saturated heterocycles. The molecular weight excluding hydrogens is 230 g/mol. The van der Waals surface area contributed by atoms with Crippen LogP contribution < -0.4 is 34.7 Å². The molecule has 0 aromatic rings. The predicted molar refractivity (Wildman–Crippen MR) is 40.9 cm³/mol. The zero-order valence-electron chi connectivity index (χ0n) is 7.30. The fourth-order valence-electron chi connectivity index (χ4n) is 0.350. The molecule has 0 radical (unpaired) electrons. The van der Waals surface area contributed by atoms with Crippen molar-refractivity contribution in [2.45, 2.75) is 11.8 Å². The Bertz CT molecular complexity index is 195. The fraction of sp³-hybridized carbons (Fsp3) is 0.667. The van der Waals surface area contributed by atoms with E-state index in [-0.39, 0.29) is 42.0 Å². The van der Waals surface area contributed by atoms with Gasteiger partial charge in [0.2, 0.25) is 0 Å². The Morgan fingerprint density at radius 1 is 1.54 bits per heavy atom. The third-order valence-corrected chi connectivity index (χ3v) is 1.54. The van der Waals surface area contributed by atoms with E-state index < -0.39 is 16.8 Å². The van der Waals surface area contributed by atoms with Gasteiger partial charge in [-0.05, 0) is 6.92 Å². The maximum Gasteiger partial charge on any atom is 1.00 e. The average Bonchev–Trinajstić information content (AvgIpc) is 1.99. The second-order valence-corrected chi connectivity index (χ2v) is 3.25. The van der Waals surface area contributed by atoms with Gasteiger partial charge in [0.15, 0.2) is 4.87 Å². The number of aliphatic carboxylic acids is 1. The molecule has 4 nitrogen and oxygen atoms in total. The molecule has 0 aliphatic rings. The monoisotopic (exact) mass is 236 g/mol. The quantitative estimate of drug-likeness (QED) is 0.220. The summed E-state index contributed by atoms with van der Waals surface area (Å²) in [5.41, 5.74) is 0. The summed E-state index contributed by atoms with van der Waals surface area (Å²) in [6.07, 6.45) is 0. The van der Waals surface area contributed by atoms with Gasteiger partial charge in [-0.25, -0.2) is 4.79 Å². The maximum atomic E-state index is 10.8. The zero-order valence-corrected chi connectivity index (χ0v) is 10.8. The van der Waals surface area contributed by atoms with E-state index in [1.165, 1.54) is 0 Å². The number of carboxylic acid groups (broad SMARTS) is 1. The Morgan fingerprint density at radius 2 is 2.00 bits per heavy atom. The molecule has 13 heavy (non-hydrogen) atoms. The number of alkyl halides is 2. The van der Waals surface area contributed by atoms with Gasteiger partial charge >= 0.3 is 35.5 Å². The fourth-order valence-corrected chi connectivity index (χ4v) is 0.482. The van der Waals surface area contributed by atoms with Crippen molar-refractivity contribution in [1.29, 1.82) is 0 Å². The summed E-state index contributed by atoms with van der Waals surface area (Å²) >= 11 is 10.5. The van der Waals surface area contributed by atoms with Gasteiger partial charge in [-0.3, -0.25) is 0 Å². The second-order valence-electron chi connectivity index (χ2n) is 2.12. The predicted octanol–water partition coefficient (Wildman–Crippen LogP) is -3.48. The Labute approximate surface area is 108 Å². The molecule has 0 rings (SSSR count). The van der Waals surface area contributed by atoms with Crippen LogP contribution in [-0.2, 0) is 14.3 Å². The summed E-state index contributed by atoms with van der Waals surface area (Å²) in [5, 5.41) is 10.2. The first-order valence-electron chi connectivity index (χ1n) is 3.06. The molecular formula is C6H7Cl2NaO4. The Hall–Kier alpha value is 0.520.